The third kappa shape index (κ3) is 7.75. The molecule has 0 amide bonds. The molecule has 0 aromatic rings. The lowest BCUT2D eigenvalue weighted by molar-refractivity contribution is -0.359. The molecule has 0 aromatic heterocycles. The third-order valence-corrected chi connectivity index (χ3v) is 11.4. The number of aliphatic hydroxyl groups excluding tert-OH is 8. The molecule has 0 bridgehead atoms. The maximum absolute atomic E-state index is 12.8. The Morgan fingerprint density at radius 3 is 1.70 bits per heavy atom. The van der Waals surface area contributed by atoms with Crippen molar-refractivity contribution in [1.82, 2.24) is 0 Å². The van der Waals surface area contributed by atoms with Crippen molar-refractivity contribution in [3.05, 3.63) is 23.7 Å². The second kappa shape index (κ2) is 16.9. The van der Waals surface area contributed by atoms with Crippen LogP contribution in [0.4, 0.5) is 0 Å². The molecular formula is C34H50O20. The first kappa shape index (κ1) is 41.1. The Morgan fingerprint density at radius 2 is 1.17 bits per heavy atom. The van der Waals surface area contributed by atoms with E-state index in [9.17, 15) is 50.4 Å². The van der Waals surface area contributed by atoms with Gasteiger partial charge in [0.15, 0.2) is 18.9 Å². The van der Waals surface area contributed by atoms with Gasteiger partial charge < -0.3 is 88.2 Å². The quantitative estimate of drug-likeness (QED) is 0.0997. The molecule has 1 aliphatic carbocycles. The fourth-order valence-corrected chi connectivity index (χ4v) is 8.29. The van der Waals surface area contributed by atoms with E-state index in [0.29, 0.717) is 0 Å². The summed E-state index contributed by atoms with van der Waals surface area (Å²) in [5.74, 6) is -4.20. The predicted octanol–water partition coefficient (Wildman–Crippen LogP) is -3.53. The molecule has 4 fully saturated rings. The van der Waals surface area contributed by atoms with Crippen LogP contribution in [0.5, 0.6) is 0 Å². The Morgan fingerprint density at radius 1 is 0.667 bits per heavy atom. The highest BCUT2D eigenvalue weighted by Gasteiger charge is 2.55. The summed E-state index contributed by atoms with van der Waals surface area (Å²) in [5, 5.41) is 83.6. The number of aliphatic hydroxyl groups is 8. The normalized spacial score (nSPS) is 47.6. The molecule has 1 saturated carbocycles. The first-order valence-electron chi connectivity index (χ1n) is 17.8. The van der Waals surface area contributed by atoms with Crippen LogP contribution in [0.3, 0.4) is 0 Å². The molecule has 0 aromatic carbocycles. The van der Waals surface area contributed by atoms with Gasteiger partial charge in [0.25, 0.3) is 0 Å². The highest BCUT2D eigenvalue weighted by Crippen LogP contribution is 2.48. The van der Waals surface area contributed by atoms with Gasteiger partial charge in [-0.15, -0.1) is 0 Å². The number of carbonyl (C=O) groups is 2. The van der Waals surface area contributed by atoms with Gasteiger partial charge >= 0.3 is 11.9 Å². The lowest BCUT2D eigenvalue weighted by Gasteiger charge is -2.48. The van der Waals surface area contributed by atoms with Gasteiger partial charge in [-0.1, -0.05) is 6.92 Å². The minimum atomic E-state index is -1.75. The molecule has 5 heterocycles. The highest BCUT2D eigenvalue weighted by molar-refractivity contribution is 5.89. The summed E-state index contributed by atoms with van der Waals surface area (Å²) >= 11 is 0. The van der Waals surface area contributed by atoms with Crippen LogP contribution in [0, 0.1) is 29.6 Å². The van der Waals surface area contributed by atoms with Crippen LogP contribution < -0.4 is 0 Å². The maximum atomic E-state index is 12.8. The summed E-state index contributed by atoms with van der Waals surface area (Å²) in [7, 11) is 2.42. The maximum Gasteiger partial charge on any atom is 0.337 e. The lowest BCUT2D eigenvalue weighted by Crippen LogP contribution is -2.61. The van der Waals surface area contributed by atoms with Crippen LogP contribution >= 0.6 is 0 Å². The summed E-state index contributed by atoms with van der Waals surface area (Å²) in [6.07, 6.45) is -18.1. The van der Waals surface area contributed by atoms with Crippen LogP contribution in [0.2, 0.25) is 0 Å². The first-order valence-corrected chi connectivity index (χ1v) is 17.8. The van der Waals surface area contributed by atoms with E-state index in [-0.39, 0.29) is 24.0 Å². The SMILES string of the molecule is COC(=O)C1=CO[C@@H](O[C@@H]2O[C@H](CO)[C@@H](O)[C@H](O)[C@H]2O)C2C(C)O[C@@H](OC[C@H]3O[C@@H](O[C@@H]4OC=C(C(=O)OC)C5C[C@H](O)C(C)C54)[C@H](O)[C@@H](O)[C@@H]3O)CC12. The second-order valence-corrected chi connectivity index (χ2v) is 14.5. The van der Waals surface area contributed by atoms with Crippen molar-refractivity contribution in [3.63, 3.8) is 0 Å². The molecule has 20 atom stereocenters. The Hall–Kier alpha value is -2.54. The number of hydrogen-bond donors (Lipinski definition) is 8. The number of hydrogen-bond acceptors (Lipinski definition) is 20. The van der Waals surface area contributed by atoms with E-state index in [1.165, 1.54) is 20.5 Å². The molecule has 20 heteroatoms. The van der Waals surface area contributed by atoms with Crippen molar-refractivity contribution in [3.8, 4) is 0 Å². The van der Waals surface area contributed by atoms with Gasteiger partial charge in [0.2, 0.25) is 12.6 Å². The largest absolute Gasteiger partial charge is 0.472 e. The van der Waals surface area contributed by atoms with E-state index in [4.69, 9.17) is 47.4 Å². The van der Waals surface area contributed by atoms with Crippen molar-refractivity contribution >= 4 is 11.9 Å². The van der Waals surface area contributed by atoms with Crippen molar-refractivity contribution in [2.75, 3.05) is 27.4 Å². The lowest BCUT2D eigenvalue weighted by atomic mass is 9.77. The Bertz CT molecular complexity index is 1390. The molecule has 6 unspecified atom stereocenters. The van der Waals surface area contributed by atoms with Gasteiger partial charge in [0.1, 0.15) is 48.8 Å². The zero-order valence-electron chi connectivity index (χ0n) is 30.0. The number of fused-ring (bicyclic) bond motifs is 2. The van der Waals surface area contributed by atoms with E-state index < -0.39 is 147 Å². The number of methoxy groups -OCH3 is 2. The van der Waals surface area contributed by atoms with Gasteiger partial charge in [-0.3, -0.25) is 0 Å². The fourth-order valence-electron chi connectivity index (χ4n) is 8.29. The Kier molecular flexibility index (Phi) is 12.9. The molecule has 6 rings (SSSR count). The molecule has 8 N–H and O–H groups in total. The molecule has 0 spiro atoms. The van der Waals surface area contributed by atoms with Crippen LogP contribution in [0.15, 0.2) is 23.7 Å². The van der Waals surface area contributed by atoms with E-state index in [2.05, 4.69) is 0 Å². The zero-order chi connectivity index (χ0) is 39.2. The standard InChI is InChI=1S/C34H50O20/c1-11-17(36)5-13-15(29(43)45-3)8-48-31(21(11)13)53-34-28(42)26(40)24(38)19(52-34)10-47-20-6-14-16(30(44)46-4)9-49-32(22(14)12(2)50-20)54-33-27(41)25(39)23(37)18(7-35)51-33/h8-9,11-14,17-28,31-42H,5-7,10H2,1-4H3/t11?,12?,13?,14?,17-,18+,19+,20+,21?,22?,23+,24+,25-,26-,27+,28+,31-,32-,33-,34-/m0/s1. The number of rotatable bonds is 10. The number of carbonyl (C=O) groups excluding carboxylic acids is 2. The van der Waals surface area contributed by atoms with E-state index in [1.807, 2.05) is 0 Å². The fraction of sp³-hybridized carbons (Fsp3) is 0.824. The van der Waals surface area contributed by atoms with Gasteiger partial charge in [-0.2, -0.15) is 0 Å². The monoisotopic (exact) mass is 778 g/mol. The Balaban J connectivity index is 1.13. The second-order valence-electron chi connectivity index (χ2n) is 14.5. The average Bonchev–Trinajstić information content (AvgIpc) is 3.47. The summed E-state index contributed by atoms with van der Waals surface area (Å²) in [6, 6.07) is 0. The number of ether oxygens (including phenoxy) is 10. The smallest absolute Gasteiger partial charge is 0.337 e. The van der Waals surface area contributed by atoms with Crippen molar-refractivity contribution in [2.45, 2.75) is 119 Å². The van der Waals surface area contributed by atoms with Gasteiger partial charge in [-0.25, -0.2) is 9.59 Å². The summed E-state index contributed by atoms with van der Waals surface area (Å²) in [4.78, 5) is 25.2. The van der Waals surface area contributed by atoms with E-state index in [1.54, 1.807) is 13.8 Å². The minimum Gasteiger partial charge on any atom is -0.472 e. The third-order valence-electron chi connectivity index (χ3n) is 11.4. The van der Waals surface area contributed by atoms with E-state index >= 15 is 0 Å². The number of esters is 2. The topological polar surface area (TPSA) is 288 Å². The molecule has 3 saturated heterocycles. The zero-order valence-corrected chi connectivity index (χ0v) is 30.0. The van der Waals surface area contributed by atoms with Gasteiger partial charge in [0, 0.05) is 24.2 Å². The average molecular weight is 779 g/mol. The summed E-state index contributed by atoms with van der Waals surface area (Å²) < 4.78 is 56.7. The van der Waals surface area contributed by atoms with Crippen LogP contribution in [0.1, 0.15) is 26.7 Å². The van der Waals surface area contributed by atoms with Crippen LogP contribution in [0.25, 0.3) is 0 Å². The van der Waals surface area contributed by atoms with Gasteiger partial charge in [0.05, 0.1) is 69.2 Å². The minimum absolute atomic E-state index is 0.00975. The van der Waals surface area contributed by atoms with Crippen LogP contribution in [-0.4, -0.2) is 173 Å². The predicted molar refractivity (Wildman–Crippen MR) is 171 cm³/mol. The molecule has 0 radical (unpaired) electrons. The molecule has 5 aliphatic heterocycles. The van der Waals surface area contributed by atoms with Crippen molar-refractivity contribution in [2.24, 2.45) is 29.6 Å². The first-order chi connectivity index (χ1) is 25.7. The highest BCUT2D eigenvalue weighted by atomic mass is 16.8. The van der Waals surface area contributed by atoms with Crippen molar-refractivity contribution < 1.29 is 97.8 Å². The van der Waals surface area contributed by atoms with E-state index in [0.717, 1.165) is 6.26 Å². The molecule has 20 nitrogen and oxygen atoms in total. The Labute approximate surface area is 309 Å². The molecule has 54 heavy (non-hydrogen) atoms. The molecule has 6 aliphatic rings. The molecular weight excluding hydrogens is 728 g/mol. The summed E-state index contributed by atoms with van der Waals surface area (Å²) in [6.45, 7) is 2.34. The molecule has 306 valence electrons. The van der Waals surface area contributed by atoms with Crippen LogP contribution in [-0.2, 0) is 57.0 Å². The van der Waals surface area contributed by atoms with Gasteiger partial charge in [-0.05, 0) is 19.3 Å². The summed E-state index contributed by atoms with van der Waals surface area (Å²) in [5.41, 5.74) is 0.338. The van der Waals surface area contributed by atoms with Crippen molar-refractivity contribution in [1.29, 1.82) is 0 Å².